The van der Waals surface area contributed by atoms with Crippen molar-refractivity contribution in [3.8, 4) is 0 Å². The van der Waals surface area contributed by atoms with E-state index in [9.17, 15) is 13.2 Å². The Bertz CT molecular complexity index is 745. The number of amides is 1. The SMILES string of the molecule is O=C(NCCCS(=O)(=O)c1ccccc1)c1cccc(I)c1. The number of carbonyl (C=O) groups is 1. The number of halogens is 1. The number of hydrogen-bond acceptors (Lipinski definition) is 3. The summed E-state index contributed by atoms with van der Waals surface area (Å²) in [6.45, 7) is 0.330. The molecular formula is C16H16INO3S. The molecule has 0 radical (unpaired) electrons. The quantitative estimate of drug-likeness (QED) is 0.568. The lowest BCUT2D eigenvalue weighted by Crippen LogP contribution is -2.26. The average molecular weight is 429 g/mol. The van der Waals surface area contributed by atoms with Crippen LogP contribution < -0.4 is 5.32 Å². The molecule has 0 heterocycles. The van der Waals surface area contributed by atoms with Crippen molar-refractivity contribution >= 4 is 38.3 Å². The Balaban J connectivity index is 1.83. The van der Waals surface area contributed by atoms with Gasteiger partial charge in [0, 0.05) is 15.7 Å². The van der Waals surface area contributed by atoms with Crippen LogP contribution in [0.25, 0.3) is 0 Å². The first kappa shape index (κ1) is 17.0. The first-order valence-electron chi connectivity index (χ1n) is 6.80. The van der Waals surface area contributed by atoms with Gasteiger partial charge in [-0.25, -0.2) is 8.42 Å². The molecule has 0 spiro atoms. The van der Waals surface area contributed by atoms with Gasteiger partial charge in [-0.05, 0) is 59.3 Å². The predicted molar refractivity (Wildman–Crippen MR) is 94.6 cm³/mol. The highest BCUT2D eigenvalue weighted by atomic mass is 127. The van der Waals surface area contributed by atoms with Gasteiger partial charge in [0.1, 0.15) is 0 Å². The van der Waals surface area contributed by atoms with Crippen molar-refractivity contribution in [2.75, 3.05) is 12.3 Å². The molecular weight excluding hydrogens is 413 g/mol. The van der Waals surface area contributed by atoms with Crippen molar-refractivity contribution in [3.05, 3.63) is 63.7 Å². The number of hydrogen-bond donors (Lipinski definition) is 1. The Hall–Kier alpha value is -1.41. The zero-order chi connectivity index (χ0) is 16.0. The molecule has 6 heteroatoms. The van der Waals surface area contributed by atoms with Gasteiger partial charge in [-0.3, -0.25) is 4.79 Å². The molecule has 0 aliphatic heterocycles. The summed E-state index contributed by atoms with van der Waals surface area (Å²) in [6.07, 6.45) is 0.382. The van der Waals surface area contributed by atoms with Crippen LogP contribution in [0.2, 0.25) is 0 Å². The van der Waals surface area contributed by atoms with E-state index < -0.39 is 9.84 Å². The second-order valence-electron chi connectivity index (χ2n) is 4.75. The molecule has 0 aromatic heterocycles. The summed E-state index contributed by atoms with van der Waals surface area (Å²) < 4.78 is 25.1. The van der Waals surface area contributed by atoms with Crippen LogP contribution in [0.1, 0.15) is 16.8 Å². The monoisotopic (exact) mass is 429 g/mol. The Labute approximate surface area is 144 Å². The molecule has 0 atom stereocenters. The largest absolute Gasteiger partial charge is 0.352 e. The molecule has 2 aromatic carbocycles. The van der Waals surface area contributed by atoms with Crippen LogP contribution in [0.4, 0.5) is 0 Å². The van der Waals surface area contributed by atoms with Crippen molar-refractivity contribution in [1.82, 2.24) is 5.32 Å². The van der Waals surface area contributed by atoms with Crippen molar-refractivity contribution in [2.45, 2.75) is 11.3 Å². The van der Waals surface area contributed by atoms with Crippen LogP contribution in [0, 0.1) is 3.57 Å². The Kier molecular flexibility index (Phi) is 5.96. The third-order valence-electron chi connectivity index (χ3n) is 3.06. The van der Waals surface area contributed by atoms with E-state index in [0.29, 0.717) is 23.4 Å². The van der Waals surface area contributed by atoms with Gasteiger partial charge in [-0.1, -0.05) is 24.3 Å². The van der Waals surface area contributed by atoms with Gasteiger partial charge in [0.25, 0.3) is 5.91 Å². The molecule has 0 aliphatic rings. The Morgan fingerprint density at radius 1 is 1.05 bits per heavy atom. The van der Waals surface area contributed by atoms with Gasteiger partial charge in [0.15, 0.2) is 9.84 Å². The summed E-state index contributed by atoms with van der Waals surface area (Å²) in [5.74, 6) is -0.167. The maximum atomic E-state index is 12.1. The minimum atomic E-state index is -3.28. The summed E-state index contributed by atoms with van der Waals surface area (Å²) in [7, 11) is -3.28. The van der Waals surface area contributed by atoms with Crippen molar-refractivity contribution in [2.24, 2.45) is 0 Å². The molecule has 1 N–H and O–H groups in total. The standard InChI is InChI=1S/C16H16INO3S/c17-14-7-4-6-13(12-14)16(19)18-10-5-11-22(20,21)15-8-2-1-3-9-15/h1-4,6-9,12H,5,10-11H2,(H,18,19). The van der Waals surface area contributed by atoms with E-state index >= 15 is 0 Å². The highest BCUT2D eigenvalue weighted by molar-refractivity contribution is 14.1. The van der Waals surface area contributed by atoms with E-state index in [-0.39, 0.29) is 11.7 Å². The number of rotatable bonds is 6. The number of nitrogens with one attached hydrogen (secondary N) is 1. The molecule has 2 aromatic rings. The molecule has 0 unspecified atom stereocenters. The van der Waals surface area contributed by atoms with Crippen LogP contribution in [-0.2, 0) is 9.84 Å². The minimum Gasteiger partial charge on any atom is -0.352 e. The van der Waals surface area contributed by atoms with E-state index in [4.69, 9.17) is 0 Å². The summed E-state index contributed by atoms with van der Waals surface area (Å²) in [4.78, 5) is 12.2. The molecule has 22 heavy (non-hydrogen) atoms. The lowest BCUT2D eigenvalue weighted by atomic mass is 10.2. The second-order valence-corrected chi connectivity index (χ2v) is 8.11. The van der Waals surface area contributed by atoms with Crippen LogP contribution in [0.5, 0.6) is 0 Å². The van der Waals surface area contributed by atoms with Crippen molar-refractivity contribution in [1.29, 1.82) is 0 Å². The van der Waals surface area contributed by atoms with Gasteiger partial charge in [-0.2, -0.15) is 0 Å². The minimum absolute atomic E-state index is 0.0175. The molecule has 4 nitrogen and oxygen atoms in total. The van der Waals surface area contributed by atoms with E-state index in [1.807, 2.05) is 12.1 Å². The van der Waals surface area contributed by atoms with Gasteiger partial charge in [-0.15, -0.1) is 0 Å². The van der Waals surface area contributed by atoms with E-state index in [0.717, 1.165) is 3.57 Å². The van der Waals surface area contributed by atoms with Crippen LogP contribution in [-0.4, -0.2) is 26.6 Å². The maximum Gasteiger partial charge on any atom is 0.251 e. The molecule has 2 rings (SSSR count). The molecule has 116 valence electrons. The molecule has 0 aliphatic carbocycles. The number of sulfone groups is 1. The van der Waals surface area contributed by atoms with Gasteiger partial charge < -0.3 is 5.32 Å². The maximum absolute atomic E-state index is 12.1. The van der Waals surface area contributed by atoms with Crippen LogP contribution >= 0.6 is 22.6 Å². The first-order valence-corrected chi connectivity index (χ1v) is 9.54. The fourth-order valence-corrected chi connectivity index (χ4v) is 3.82. The molecule has 1 amide bonds. The highest BCUT2D eigenvalue weighted by Gasteiger charge is 2.13. The summed E-state index contributed by atoms with van der Waals surface area (Å²) in [5.41, 5.74) is 0.581. The molecule has 0 saturated carbocycles. The topological polar surface area (TPSA) is 63.2 Å². The first-order chi connectivity index (χ1) is 10.5. The van der Waals surface area contributed by atoms with Crippen LogP contribution in [0.3, 0.4) is 0 Å². The summed E-state index contributed by atoms with van der Waals surface area (Å²) in [5, 5.41) is 2.74. The smallest absolute Gasteiger partial charge is 0.251 e. The molecule has 0 fully saturated rings. The second kappa shape index (κ2) is 7.73. The highest BCUT2D eigenvalue weighted by Crippen LogP contribution is 2.11. The van der Waals surface area contributed by atoms with Gasteiger partial charge in [0.05, 0.1) is 10.6 Å². The normalized spacial score (nSPS) is 11.1. The van der Waals surface area contributed by atoms with Crippen molar-refractivity contribution < 1.29 is 13.2 Å². The number of carbonyl (C=O) groups excluding carboxylic acids is 1. The lowest BCUT2D eigenvalue weighted by molar-refractivity contribution is 0.0953. The molecule has 0 bridgehead atoms. The third-order valence-corrected chi connectivity index (χ3v) is 5.55. The fraction of sp³-hybridized carbons (Fsp3) is 0.188. The Morgan fingerprint density at radius 3 is 2.45 bits per heavy atom. The predicted octanol–water partition coefficient (Wildman–Crippen LogP) is 2.89. The summed E-state index contributed by atoms with van der Waals surface area (Å²) >= 11 is 2.14. The number of benzene rings is 2. The zero-order valence-electron chi connectivity index (χ0n) is 11.8. The summed E-state index contributed by atoms with van der Waals surface area (Å²) in [6, 6.07) is 15.6. The van der Waals surface area contributed by atoms with E-state index in [1.54, 1.807) is 42.5 Å². The van der Waals surface area contributed by atoms with E-state index in [1.165, 1.54) is 0 Å². The average Bonchev–Trinajstić information content (AvgIpc) is 2.52. The van der Waals surface area contributed by atoms with E-state index in [2.05, 4.69) is 27.9 Å². The zero-order valence-corrected chi connectivity index (χ0v) is 14.8. The molecule has 0 saturated heterocycles. The van der Waals surface area contributed by atoms with Crippen molar-refractivity contribution in [3.63, 3.8) is 0 Å². The third kappa shape index (κ3) is 4.81. The van der Waals surface area contributed by atoms with Crippen LogP contribution in [0.15, 0.2) is 59.5 Å². The lowest BCUT2D eigenvalue weighted by Gasteiger charge is -2.07. The van der Waals surface area contributed by atoms with Gasteiger partial charge >= 0.3 is 0 Å². The van der Waals surface area contributed by atoms with Gasteiger partial charge in [0.2, 0.25) is 0 Å². The Morgan fingerprint density at radius 2 is 1.77 bits per heavy atom. The fourth-order valence-electron chi connectivity index (χ4n) is 1.94.